The van der Waals surface area contributed by atoms with Crippen LogP contribution in [0.4, 0.5) is 0 Å². The van der Waals surface area contributed by atoms with E-state index >= 15 is 0 Å². The number of hydrogen-bond acceptors (Lipinski definition) is 4. The van der Waals surface area contributed by atoms with E-state index in [0.29, 0.717) is 30.3 Å². The summed E-state index contributed by atoms with van der Waals surface area (Å²) >= 11 is 1.49. The van der Waals surface area contributed by atoms with Crippen LogP contribution in [-0.2, 0) is 4.79 Å². The van der Waals surface area contributed by atoms with Gasteiger partial charge in [0.1, 0.15) is 10.6 Å². The van der Waals surface area contributed by atoms with Crippen molar-refractivity contribution in [1.82, 2.24) is 9.80 Å². The van der Waals surface area contributed by atoms with Gasteiger partial charge in [0, 0.05) is 37.0 Å². The molecule has 2 fully saturated rings. The smallest absolute Gasteiger partial charge is 0.267 e. The van der Waals surface area contributed by atoms with Crippen LogP contribution in [0.15, 0.2) is 36.4 Å². The van der Waals surface area contributed by atoms with Gasteiger partial charge in [-0.25, -0.2) is 0 Å². The first-order valence-corrected chi connectivity index (χ1v) is 12.3. The van der Waals surface area contributed by atoms with Crippen LogP contribution >= 0.6 is 11.3 Å². The van der Waals surface area contributed by atoms with Crippen molar-refractivity contribution in [2.45, 2.75) is 39.5 Å². The molecule has 2 aliphatic rings. The quantitative estimate of drug-likeness (QED) is 0.663. The van der Waals surface area contributed by atoms with Crippen molar-refractivity contribution in [2.24, 2.45) is 11.8 Å². The Bertz CT molecular complexity index is 895. The highest BCUT2D eigenvalue weighted by Crippen LogP contribution is 2.38. The van der Waals surface area contributed by atoms with Crippen LogP contribution in [0, 0.1) is 11.8 Å². The Morgan fingerprint density at radius 1 is 1.00 bits per heavy atom. The number of carbonyl (C=O) groups is 2. The summed E-state index contributed by atoms with van der Waals surface area (Å²) in [6.45, 7) is 7.74. The van der Waals surface area contributed by atoms with Crippen LogP contribution in [0.2, 0.25) is 0 Å². The summed E-state index contributed by atoms with van der Waals surface area (Å²) in [4.78, 5) is 31.9. The molecule has 2 aliphatic heterocycles. The van der Waals surface area contributed by atoms with E-state index in [4.69, 9.17) is 4.74 Å². The molecule has 1 aromatic carbocycles. The van der Waals surface area contributed by atoms with Gasteiger partial charge in [-0.05, 0) is 50.2 Å². The molecule has 4 rings (SSSR count). The first-order valence-electron chi connectivity index (χ1n) is 11.5. The zero-order chi connectivity index (χ0) is 21.8. The Kier molecular flexibility index (Phi) is 6.96. The second kappa shape index (κ2) is 9.86. The topological polar surface area (TPSA) is 49.9 Å². The summed E-state index contributed by atoms with van der Waals surface area (Å²) in [5.41, 5.74) is 1.09. The highest BCUT2D eigenvalue weighted by atomic mass is 32.1. The maximum absolute atomic E-state index is 13.3. The van der Waals surface area contributed by atoms with E-state index in [1.165, 1.54) is 11.3 Å². The fourth-order valence-corrected chi connectivity index (χ4v) is 5.57. The van der Waals surface area contributed by atoms with Gasteiger partial charge in [-0.1, -0.05) is 37.3 Å². The van der Waals surface area contributed by atoms with Gasteiger partial charge in [-0.3, -0.25) is 9.59 Å². The first-order chi connectivity index (χ1) is 15.1. The van der Waals surface area contributed by atoms with Crippen LogP contribution in [-0.4, -0.2) is 54.4 Å². The highest BCUT2D eigenvalue weighted by Gasteiger charge is 2.33. The maximum Gasteiger partial charge on any atom is 0.267 e. The second-order valence-electron chi connectivity index (χ2n) is 8.68. The van der Waals surface area contributed by atoms with Gasteiger partial charge in [0.05, 0.1) is 6.61 Å². The molecule has 0 aliphatic carbocycles. The molecule has 0 atom stereocenters. The van der Waals surface area contributed by atoms with E-state index < -0.39 is 0 Å². The third-order valence-corrected chi connectivity index (χ3v) is 7.63. The molecule has 0 radical (unpaired) electrons. The second-order valence-corrected chi connectivity index (χ2v) is 9.73. The van der Waals surface area contributed by atoms with Crippen LogP contribution in [0.25, 0.3) is 10.4 Å². The molecule has 0 N–H and O–H groups in total. The van der Waals surface area contributed by atoms with Gasteiger partial charge in [-0.15, -0.1) is 11.3 Å². The number of thiophene rings is 1. The SMILES string of the molecule is CCOc1cc(-c2ccccc2)sc1C(=O)N1CCC(C(=O)N2CCC(C)CC2)CC1. The summed E-state index contributed by atoms with van der Waals surface area (Å²) in [7, 11) is 0. The zero-order valence-corrected chi connectivity index (χ0v) is 19.3. The Morgan fingerprint density at radius 2 is 1.65 bits per heavy atom. The minimum absolute atomic E-state index is 0.0216. The normalized spacial score (nSPS) is 18.3. The maximum atomic E-state index is 13.3. The molecule has 5 nitrogen and oxygen atoms in total. The predicted octanol–water partition coefficient (Wildman–Crippen LogP) is 4.92. The number of hydrogen-bond donors (Lipinski definition) is 0. The van der Waals surface area contributed by atoms with Crippen LogP contribution in [0.5, 0.6) is 5.75 Å². The van der Waals surface area contributed by atoms with Gasteiger partial charge >= 0.3 is 0 Å². The molecular weight excluding hydrogens is 408 g/mol. The molecule has 0 bridgehead atoms. The lowest BCUT2D eigenvalue weighted by Crippen LogP contribution is -2.46. The van der Waals surface area contributed by atoms with Crippen molar-refractivity contribution < 1.29 is 14.3 Å². The molecule has 3 heterocycles. The standard InChI is InChI=1S/C25H32N2O3S/c1-3-30-21-17-22(19-7-5-4-6-8-19)31-23(21)25(29)27-15-11-20(12-16-27)24(28)26-13-9-18(2)10-14-26/h4-8,17-18,20H,3,9-16H2,1-2H3. The van der Waals surface area contributed by atoms with Crippen molar-refractivity contribution in [1.29, 1.82) is 0 Å². The Hall–Kier alpha value is -2.34. The molecule has 31 heavy (non-hydrogen) atoms. The summed E-state index contributed by atoms with van der Waals surface area (Å²) in [6, 6.07) is 12.1. The van der Waals surface area contributed by atoms with Crippen molar-refractivity contribution >= 4 is 23.2 Å². The molecule has 0 unspecified atom stereocenters. The number of carbonyl (C=O) groups excluding carboxylic acids is 2. The molecule has 0 saturated carbocycles. The van der Waals surface area contributed by atoms with E-state index in [1.807, 2.05) is 53.1 Å². The van der Waals surface area contributed by atoms with Crippen LogP contribution in [0.1, 0.15) is 49.2 Å². The average Bonchev–Trinajstić information content (AvgIpc) is 3.23. The molecule has 166 valence electrons. The van der Waals surface area contributed by atoms with Crippen molar-refractivity contribution in [2.75, 3.05) is 32.8 Å². The minimum Gasteiger partial charge on any atom is -0.492 e. The first kappa shape index (κ1) is 21.9. The third kappa shape index (κ3) is 4.95. The Morgan fingerprint density at radius 3 is 2.29 bits per heavy atom. The monoisotopic (exact) mass is 440 g/mol. The van der Waals surface area contributed by atoms with Crippen molar-refractivity contribution in [3.63, 3.8) is 0 Å². The molecule has 2 saturated heterocycles. The van der Waals surface area contributed by atoms with Crippen molar-refractivity contribution in [3.8, 4) is 16.2 Å². The van der Waals surface area contributed by atoms with Gasteiger partial charge in [0.15, 0.2) is 0 Å². The fourth-order valence-electron chi connectivity index (χ4n) is 4.49. The molecule has 2 aromatic rings. The summed E-state index contributed by atoms with van der Waals surface area (Å²) < 4.78 is 5.80. The number of rotatable bonds is 5. The van der Waals surface area contributed by atoms with E-state index in [9.17, 15) is 9.59 Å². The highest BCUT2D eigenvalue weighted by molar-refractivity contribution is 7.17. The van der Waals surface area contributed by atoms with Crippen molar-refractivity contribution in [3.05, 3.63) is 41.3 Å². The van der Waals surface area contributed by atoms with Gasteiger partial charge in [-0.2, -0.15) is 0 Å². The predicted molar refractivity (Wildman–Crippen MR) is 125 cm³/mol. The van der Waals surface area contributed by atoms with Crippen LogP contribution in [0.3, 0.4) is 0 Å². The Balaban J connectivity index is 1.41. The van der Waals surface area contributed by atoms with E-state index in [1.54, 1.807) is 0 Å². The molecule has 1 aromatic heterocycles. The number of benzene rings is 1. The van der Waals surface area contributed by atoms with Gasteiger partial charge in [0.25, 0.3) is 5.91 Å². The van der Waals surface area contributed by atoms with E-state index in [2.05, 4.69) is 6.92 Å². The lowest BCUT2D eigenvalue weighted by molar-refractivity contribution is -0.138. The summed E-state index contributed by atoms with van der Waals surface area (Å²) in [5, 5.41) is 0. The summed E-state index contributed by atoms with van der Waals surface area (Å²) in [6.07, 6.45) is 3.70. The third-order valence-electron chi connectivity index (χ3n) is 6.48. The Labute approximate surface area is 189 Å². The van der Waals surface area contributed by atoms with Gasteiger partial charge in [0.2, 0.25) is 5.91 Å². The summed E-state index contributed by atoms with van der Waals surface area (Å²) in [5.74, 6) is 1.74. The largest absolute Gasteiger partial charge is 0.492 e. The minimum atomic E-state index is 0.0216. The van der Waals surface area contributed by atoms with Gasteiger partial charge < -0.3 is 14.5 Å². The fraction of sp³-hybridized carbons (Fsp3) is 0.520. The van der Waals surface area contributed by atoms with E-state index in [0.717, 1.165) is 55.1 Å². The molecule has 6 heteroatoms. The molecule has 0 spiro atoms. The zero-order valence-electron chi connectivity index (χ0n) is 18.5. The van der Waals surface area contributed by atoms with Crippen LogP contribution < -0.4 is 4.74 Å². The lowest BCUT2D eigenvalue weighted by Gasteiger charge is -2.36. The number of piperidine rings is 2. The molecular formula is C25H32N2O3S. The number of ether oxygens (including phenoxy) is 1. The average molecular weight is 441 g/mol. The number of amides is 2. The number of nitrogens with zero attached hydrogens (tertiary/aromatic N) is 2. The number of likely N-dealkylation sites (tertiary alicyclic amines) is 2. The lowest BCUT2D eigenvalue weighted by atomic mass is 9.92. The van der Waals surface area contributed by atoms with E-state index in [-0.39, 0.29) is 17.7 Å². The molecule has 2 amide bonds.